The van der Waals surface area contributed by atoms with Crippen LogP contribution in [0.1, 0.15) is 10.4 Å². The van der Waals surface area contributed by atoms with Gasteiger partial charge >= 0.3 is 0 Å². The van der Waals surface area contributed by atoms with Crippen LogP contribution >= 0.6 is 27.7 Å². The van der Waals surface area contributed by atoms with Gasteiger partial charge in [0.25, 0.3) is 0 Å². The first-order valence-electron chi connectivity index (χ1n) is 4.74. The van der Waals surface area contributed by atoms with Crippen LogP contribution in [0.15, 0.2) is 28.7 Å². The molecular formula is C11H11BrO2S. The minimum Gasteiger partial charge on any atom is -0.379 e. The molecule has 1 aliphatic rings. The molecule has 1 fully saturated rings. The van der Waals surface area contributed by atoms with Gasteiger partial charge < -0.3 is 4.74 Å². The van der Waals surface area contributed by atoms with Crippen LogP contribution < -0.4 is 0 Å². The lowest BCUT2D eigenvalue weighted by atomic mass is 10.1. The van der Waals surface area contributed by atoms with E-state index in [0.29, 0.717) is 11.0 Å². The second-order valence-corrected chi connectivity index (χ2v) is 5.52. The molecule has 2 rings (SSSR count). The van der Waals surface area contributed by atoms with Gasteiger partial charge in [-0.15, -0.1) is 11.8 Å². The lowest BCUT2D eigenvalue weighted by Crippen LogP contribution is -2.31. The van der Waals surface area contributed by atoms with Gasteiger partial charge in [0.15, 0.2) is 5.78 Å². The number of hydrogen-bond acceptors (Lipinski definition) is 3. The van der Waals surface area contributed by atoms with Gasteiger partial charge in [0.05, 0.1) is 24.2 Å². The van der Waals surface area contributed by atoms with Gasteiger partial charge in [-0.3, -0.25) is 4.79 Å². The fourth-order valence-corrected chi connectivity index (χ4v) is 2.70. The van der Waals surface area contributed by atoms with Crippen molar-refractivity contribution in [3.05, 3.63) is 34.3 Å². The zero-order valence-corrected chi connectivity index (χ0v) is 10.5. The fourth-order valence-electron chi connectivity index (χ4n) is 1.27. The number of hydrogen-bond donors (Lipinski definition) is 0. The molecule has 0 atom stereocenters. The standard InChI is InChI=1S/C11H11BrO2S/c12-10-4-2-1-3-9(10)11(13)7-15-8-5-14-6-8/h1-4,8H,5-7H2. The number of thioether (sulfide) groups is 1. The van der Waals surface area contributed by atoms with Gasteiger partial charge in [-0.25, -0.2) is 0 Å². The molecule has 0 amide bonds. The van der Waals surface area contributed by atoms with E-state index in [-0.39, 0.29) is 5.78 Å². The lowest BCUT2D eigenvalue weighted by Gasteiger charge is -2.24. The van der Waals surface area contributed by atoms with Crippen molar-refractivity contribution in [1.82, 2.24) is 0 Å². The quantitative estimate of drug-likeness (QED) is 0.797. The molecule has 0 bridgehead atoms. The molecule has 1 saturated heterocycles. The van der Waals surface area contributed by atoms with Crippen LogP contribution in [-0.4, -0.2) is 30.0 Å². The molecule has 0 unspecified atom stereocenters. The molecule has 15 heavy (non-hydrogen) atoms. The Labute approximate surface area is 102 Å². The van der Waals surface area contributed by atoms with E-state index in [1.807, 2.05) is 24.3 Å². The molecule has 0 spiro atoms. The van der Waals surface area contributed by atoms with Crippen molar-refractivity contribution in [3.8, 4) is 0 Å². The van der Waals surface area contributed by atoms with Crippen LogP contribution in [-0.2, 0) is 4.74 Å². The van der Waals surface area contributed by atoms with E-state index in [9.17, 15) is 4.79 Å². The minimum absolute atomic E-state index is 0.180. The smallest absolute Gasteiger partial charge is 0.173 e. The minimum atomic E-state index is 0.180. The first-order chi connectivity index (χ1) is 7.27. The Hall–Kier alpha value is -0.320. The Bertz CT molecular complexity index is 363. The third-order valence-electron chi connectivity index (χ3n) is 2.23. The maximum atomic E-state index is 11.8. The Morgan fingerprint density at radius 1 is 1.47 bits per heavy atom. The number of carbonyl (C=O) groups excluding carboxylic acids is 1. The zero-order chi connectivity index (χ0) is 10.7. The molecule has 0 N–H and O–H groups in total. The summed E-state index contributed by atoms with van der Waals surface area (Å²) in [4.78, 5) is 11.8. The predicted octanol–water partition coefficient (Wildman–Crippen LogP) is 2.76. The maximum Gasteiger partial charge on any atom is 0.173 e. The molecule has 1 aromatic rings. The molecule has 1 aliphatic heterocycles. The van der Waals surface area contributed by atoms with Crippen molar-refractivity contribution in [2.45, 2.75) is 5.25 Å². The van der Waals surface area contributed by atoms with E-state index in [2.05, 4.69) is 15.9 Å². The third kappa shape index (κ3) is 2.83. The van der Waals surface area contributed by atoms with E-state index in [1.54, 1.807) is 11.8 Å². The summed E-state index contributed by atoms with van der Waals surface area (Å²) in [5.74, 6) is 0.718. The molecule has 1 aromatic carbocycles. The first-order valence-corrected chi connectivity index (χ1v) is 6.58. The first kappa shape index (κ1) is 11.2. The Kier molecular flexibility index (Phi) is 3.83. The number of benzene rings is 1. The second-order valence-electron chi connectivity index (χ2n) is 3.37. The molecule has 4 heteroatoms. The van der Waals surface area contributed by atoms with Crippen LogP contribution in [0.25, 0.3) is 0 Å². The zero-order valence-electron chi connectivity index (χ0n) is 8.11. The van der Waals surface area contributed by atoms with Gasteiger partial charge in [0.2, 0.25) is 0 Å². The number of rotatable bonds is 4. The van der Waals surface area contributed by atoms with Crippen molar-refractivity contribution in [1.29, 1.82) is 0 Å². The van der Waals surface area contributed by atoms with E-state index in [0.717, 1.165) is 23.2 Å². The van der Waals surface area contributed by atoms with Gasteiger partial charge in [-0.05, 0) is 6.07 Å². The summed E-state index contributed by atoms with van der Waals surface area (Å²) in [6.07, 6.45) is 0. The molecule has 1 heterocycles. The second kappa shape index (κ2) is 5.14. The van der Waals surface area contributed by atoms with E-state index < -0.39 is 0 Å². The summed E-state index contributed by atoms with van der Waals surface area (Å²) < 4.78 is 5.93. The van der Waals surface area contributed by atoms with E-state index >= 15 is 0 Å². The fraction of sp³-hybridized carbons (Fsp3) is 0.364. The molecule has 0 saturated carbocycles. The van der Waals surface area contributed by atoms with Crippen LogP contribution in [0, 0.1) is 0 Å². The third-order valence-corrected chi connectivity index (χ3v) is 4.10. The summed E-state index contributed by atoms with van der Waals surface area (Å²) in [5, 5.41) is 0.511. The summed E-state index contributed by atoms with van der Waals surface area (Å²) in [6.45, 7) is 1.57. The van der Waals surface area contributed by atoms with Crippen LogP contribution in [0.5, 0.6) is 0 Å². The molecule has 2 nitrogen and oxygen atoms in total. The van der Waals surface area contributed by atoms with Gasteiger partial charge in [0, 0.05) is 10.0 Å². The van der Waals surface area contributed by atoms with Gasteiger partial charge in [-0.2, -0.15) is 0 Å². The summed E-state index contributed by atoms with van der Waals surface area (Å²) in [5.41, 5.74) is 0.769. The number of halogens is 1. The SMILES string of the molecule is O=C(CSC1COC1)c1ccccc1Br. The molecule has 0 aromatic heterocycles. The normalized spacial score (nSPS) is 16.1. The molecular weight excluding hydrogens is 276 g/mol. The van der Waals surface area contributed by atoms with Crippen LogP contribution in [0.2, 0.25) is 0 Å². The lowest BCUT2D eigenvalue weighted by molar-refractivity contribution is 0.0455. The molecule has 0 radical (unpaired) electrons. The monoisotopic (exact) mass is 286 g/mol. The highest BCUT2D eigenvalue weighted by atomic mass is 79.9. The average Bonchev–Trinajstić information content (AvgIpc) is 2.16. The highest BCUT2D eigenvalue weighted by Crippen LogP contribution is 2.22. The van der Waals surface area contributed by atoms with Gasteiger partial charge in [0.1, 0.15) is 0 Å². The largest absolute Gasteiger partial charge is 0.379 e. The van der Waals surface area contributed by atoms with Crippen molar-refractivity contribution in [3.63, 3.8) is 0 Å². The summed E-state index contributed by atoms with van der Waals surface area (Å²) in [7, 11) is 0. The van der Waals surface area contributed by atoms with Crippen molar-refractivity contribution >= 4 is 33.5 Å². The summed E-state index contributed by atoms with van der Waals surface area (Å²) >= 11 is 5.06. The van der Waals surface area contributed by atoms with Crippen molar-refractivity contribution in [2.24, 2.45) is 0 Å². The van der Waals surface area contributed by atoms with E-state index in [4.69, 9.17) is 4.74 Å². The topological polar surface area (TPSA) is 26.3 Å². The maximum absolute atomic E-state index is 11.8. The highest BCUT2D eigenvalue weighted by Gasteiger charge is 2.20. The Morgan fingerprint density at radius 3 is 2.80 bits per heavy atom. The average molecular weight is 287 g/mol. The molecule has 0 aliphatic carbocycles. The number of ether oxygens (including phenoxy) is 1. The number of ketones is 1. The van der Waals surface area contributed by atoms with Crippen LogP contribution in [0.3, 0.4) is 0 Å². The number of carbonyl (C=O) groups is 1. The highest BCUT2D eigenvalue weighted by molar-refractivity contribution is 9.10. The van der Waals surface area contributed by atoms with Crippen molar-refractivity contribution < 1.29 is 9.53 Å². The van der Waals surface area contributed by atoms with Crippen LogP contribution in [0.4, 0.5) is 0 Å². The summed E-state index contributed by atoms with van der Waals surface area (Å²) in [6, 6.07) is 7.54. The molecule has 80 valence electrons. The van der Waals surface area contributed by atoms with Gasteiger partial charge in [-0.1, -0.05) is 34.1 Å². The van der Waals surface area contributed by atoms with Crippen molar-refractivity contribution in [2.75, 3.05) is 19.0 Å². The van der Waals surface area contributed by atoms with E-state index in [1.165, 1.54) is 0 Å². The predicted molar refractivity (Wildman–Crippen MR) is 65.5 cm³/mol. The Balaban J connectivity index is 1.92. The number of Topliss-reactive ketones (excluding diaryl/α,β-unsaturated/α-hetero) is 1. The Morgan fingerprint density at radius 2 is 2.20 bits per heavy atom.